The molecular formula is C44H65N3O5. The van der Waals surface area contributed by atoms with Gasteiger partial charge in [-0.15, -0.1) is 0 Å². The summed E-state index contributed by atoms with van der Waals surface area (Å²) in [5, 5.41) is 37.5. The summed E-state index contributed by atoms with van der Waals surface area (Å²) in [6.07, 6.45) is 23.4. The largest absolute Gasteiger partial charge is 0.471 e. The molecule has 5 saturated carbocycles. The lowest BCUT2D eigenvalue weighted by molar-refractivity contribution is -0.0697. The van der Waals surface area contributed by atoms with Crippen LogP contribution in [-0.4, -0.2) is 64.4 Å². The molecule has 1 aromatic heterocycles. The minimum atomic E-state index is -0.700. The van der Waals surface area contributed by atoms with Crippen LogP contribution < -0.4 is 11.1 Å². The van der Waals surface area contributed by atoms with Crippen molar-refractivity contribution in [3.8, 4) is 0 Å². The molecule has 0 amide bonds. The highest BCUT2D eigenvalue weighted by Crippen LogP contribution is 2.69. The van der Waals surface area contributed by atoms with E-state index in [0.717, 1.165) is 81.6 Å². The van der Waals surface area contributed by atoms with Gasteiger partial charge < -0.3 is 35.5 Å². The Kier molecular flexibility index (Phi) is 10.1. The van der Waals surface area contributed by atoms with Gasteiger partial charge in [-0.1, -0.05) is 36.8 Å². The normalized spacial score (nSPS) is 42.8. The highest BCUT2D eigenvalue weighted by atomic mass is 16.6. The Morgan fingerprint density at radius 3 is 2.77 bits per heavy atom. The molecule has 52 heavy (non-hydrogen) atoms. The average molecular weight is 716 g/mol. The van der Waals surface area contributed by atoms with Crippen LogP contribution in [-0.2, 0) is 11.2 Å². The second kappa shape index (κ2) is 14.4. The zero-order chi connectivity index (χ0) is 36.1. The Labute approximate surface area is 311 Å². The van der Waals surface area contributed by atoms with Gasteiger partial charge in [0.1, 0.15) is 0 Å². The molecule has 1 saturated heterocycles. The van der Waals surface area contributed by atoms with Crippen LogP contribution in [0.1, 0.15) is 122 Å². The van der Waals surface area contributed by atoms with Crippen molar-refractivity contribution in [2.75, 3.05) is 19.7 Å². The monoisotopic (exact) mass is 715 g/mol. The van der Waals surface area contributed by atoms with Gasteiger partial charge in [-0.2, -0.15) is 0 Å². The number of allylic oxidation sites excluding steroid dienone is 1. The van der Waals surface area contributed by atoms with E-state index in [9.17, 15) is 15.3 Å². The van der Waals surface area contributed by atoms with Crippen LogP contribution in [0.2, 0.25) is 0 Å². The predicted molar refractivity (Wildman–Crippen MR) is 206 cm³/mol. The van der Waals surface area contributed by atoms with Gasteiger partial charge in [0.25, 0.3) is 0 Å². The summed E-state index contributed by atoms with van der Waals surface area (Å²) in [5.74, 6) is 3.61. The van der Waals surface area contributed by atoms with Crippen LogP contribution in [0.5, 0.6) is 0 Å². The smallest absolute Gasteiger partial charge is 0.188 e. The van der Waals surface area contributed by atoms with E-state index in [0.29, 0.717) is 53.5 Å². The van der Waals surface area contributed by atoms with Crippen LogP contribution in [0.4, 0.5) is 0 Å². The summed E-state index contributed by atoms with van der Waals surface area (Å²) in [6, 6.07) is 6.30. The summed E-state index contributed by atoms with van der Waals surface area (Å²) in [5.41, 5.74) is 8.81. The third-order valence-electron chi connectivity index (χ3n) is 15.6. The number of rotatable bonds is 10. The van der Waals surface area contributed by atoms with Crippen molar-refractivity contribution in [2.24, 2.45) is 51.1 Å². The molecule has 6 N–H and O–H groups in total. The van der Waals surface area contributed by atoms with Crippen molar-refractivity contribution >= 4 is 16.7 Å². The van der Waals surface area contributed by atoms with Crippen LogP contribution >= 0.6 is 0 Å². The molecule has 1 spiro atoms. The van der Waals surface area contributed by atoms with Crippen LogP contribution in [0.3, 0.4) is 0 Å². The molecule has 0 bridgehead atoms. The van der Waals surface area contributed by atoms with Crippen molar-refractivity contribution in [2.45, 2.75) is 146 Å². The van der Waals surface area contributed by atoms with E-state index >= 15 is 0 Å². The van der Waals surface area contributed by atoms with E-state index in [4.69, 9.17) is 19.9 Å². The molecule has 8 heteroatoms. The maximum atomic E-state index is 11.3. The summed E-state index contributed by atoms with van der Waals surface area (Å²) in [7, 11) is 0. The highest BCUT2D eigenvalue weighted by molar-refractivity contribution is 5.84. The molecule has 2 heterocycles. The predicted octanol–water partition coefficient (Wildman–Crippen LogP) is 7.43. The fraction of sp³-hybridized carbons (Fsp3) is 0.750. The van der Waals surface area contributed by atoms with Gasteiger partial charge in [0.2, 0.25) is 0 Å². The van der Waals surface area contributed by atoms with Crippen molar-refractivity contribution in [1.82, 2.24) is 5.32 Å². The molecule has 1 aliphatic heterocycles. The molecule has 6 fully saturated rings. The number of aliphatic hydroxyl groups excluding tert-OH is 2. The van der Waals surface area contributed by atoms with Gasteiger partial charge >= 0.3 is 0 Å². The Balaban J connectivity index is 0.875. The van der Waals surface area contributed by atoms with E-state index in [1.54, 1.807) is 6.26 Å². The number of aliphatic imine (C=N–C) groups is 1. The maximum absolute atomic E-state index is 11.3. The SMILES string of the molecule is CC12CCC3C(CC3(C)C3CCC(CN=C(N)NCCc4cccc5cocc45)C3)C(=CCO)CC3(CCC(CCC4(O)CCCC(O)C4)C3)C1O2. The molecule has 5 aliphatic carbocycles. The number of ether oxygens (including phenoxy) is 1. The molecule has 8 rings (SSSR count). The van der Waals surface area contributed by atoms with Gasteiger partial charge in [-0.05, 0) is 150 Å². The van der Waals surface area contributed by atoms with Gasteiger partial charge in [0.05, 0.1) is 42.5 Å². The Morgan fingerprint density at radius 1 is 1.04 bits per heavy atom. The van der Waals surface area contributed by atoms with Gasteiger partial charge in [0.15, 0.2) is 5.96 Å². The number of nitrogens with two attached hydrogens (primary N) is 1. The van der Waals surface area contributed by atoms with Gasteiger partial charge in [-0.25, -0.2) is 0 Å². The third kappa shape index (κ3) is 7.11. The number of benzene rings is 1. The quantitative estimate of drug-likeness (QED) is 0.0747. The molecule has 11 atom stereocenters. The van der Waals surface area contributed by atoms with E-state index in [1.807, 2.05) is 6.26 Å². The topological polar surface area (TPSA) is 137 Å². The molecule has 1 aromatic carbocycles. The average Bonchev–Trinajstić information content (AvgIpc) is 3.57. The van der Waals surface area contributed by atoms with Crippen LogP contribution in [0, 0.1) is 40.4 Å². The minimum Gasteiger partial charge on any atom is -0.471 e. The van der Waals surface area contributed by atoms with Crippen molar-refractivity contribution < 1.29 is 24.5 Å². The number of nitrogens with one attached hydrogen (secondary N) is 1. The summed E-state index contributed by atoms with van der Waals surface area (Å²) >= 11 is 0. The van der Waals surface area contributed by atoms with E-state index in [2.05, 4.69) is 43.4 Å². The first kappa shape index (κ1) is 36.6. The maximum Gasteiger partial charge on any atom is 0.188 e. The fourth-order valence-corrected chi connectivity index (χ4v) is 12.7. The lowest BCUT2D eigenvalue weighted by atomic mass is 9.46. The molecule has 2 aromatic rings. The lowest BCUT2D eigenvalue weighted by Crippen LogP contribution is -2.51. The first-order valence-electron chi connectivity index (χ1n) is 20.9. The Morgan fingerprint density at radius 2 is 1.92 bits per heavy atom. The minimum absolute atomic E-state index is 0.0429. The molecule has 11 unspecified atom stereocenters. The van der Waals surface area contributed by atoms with Gasteiger partial charge in [-0.3, -0.25) is 4.99 Å². The molecule has 8 nitrogen and oxygen atoms in total. The van der Waals surface area contributed by atoms with Crippen LogP contribution in [0.25, 0.3) is 10.8 Å². The third-order valence-corrected chi connectivity index (χ3v) is 15.6. The Hall–Kier alpha value is -2.39. The number of hydrogen-bond acceptors (Lipinski definition) is 6. The zero-order valence-corrected chi connectivity index (χ0v) is 31.8. The van der Waals surface area contributed by atoms with E-state index < -0.39 is 5.60 Å². The summed E-state index contributed by atoms with van der Waals surface area (Å²) < 4.78 is 12.2. The summed E-state index contributed by atoms with van der Waals surface area (Å²) in [4.78, 5) is 4.81. The number of furan rings is 1. The number of aliphatic hydroxyl groups is 3. The molecule has 286 valence electrons. The highest BCUT2D eigenvalue weighted by Gasteiger charge is 2.67. The Bertz CT molecular complexity index is 1640. The number of nitrogens with zero attached hydrogens (tertiary/aromatic N) is 1. The first-order valence-corrected chi connectivity index (χ1v) is 20.9. The number of fused-ring (bicyclic) bond motifs is 4. The van der Waals surface area contributed by atoms with Gasteiger partial charge in [0, 0.05) is 35.7 Å². The van der Waals surface area contributed by atoms with E-state index in [1.165, 1.54) is 56.1 Å². The number of hydrogen-bond donors (Lipinski definition) is 5. The second-order valence-corrected chi connectivity index (χ2v) is 19.0. The van der Waals surface area contributed by atoms with Crippen LogP contribution in [0.15, 0.2) is 51.8 Å². The number of guanidine groups is 1. The molecular weight excluding hydrogens is 651 g/mol. The van der Waals surface area contributed by atoms with Crippen molar-refractivity contribution in [3.05, 3.63) is 47.9 Å². The fourth-order valence-electron chi connectivity index (χ4n) is 12.7. The number of epoxide rings is 1. The first-order chi connectivity index (χ1) is 25.0. The molecule has 0 radical (unpaired) electrons. The molecule has 6 aliphatic rings. The zero-order valence-electron chi connectivity index (χ0n) is 31.8. The standard InChI is InChI=1S/C44H65N3O5/c1-41(34-9-8-30(21-34)26-47-40(45)46-19-13-31-5-3-6-33-27-51-28-37(31)33)25-36-32(14-20-48)23-43(39-42(2,52-39)16-12-38(36)41)17-10-29(22-43)11-18-44(50)15-4-7-35(49)24-44/h3,5-6,14,27-30,34-36,38-39,48-50H,4,7-13,15-26H2,1-2H3,(H3,45,46,47). The van der Waals surface area contributed by atoms with Crippen molar-refractivity contribution in [1.29, 1.82) is 0 Å². The lowest BCUT2D eigenvalue weighted by Gasteiger charge is -2.58. The van der Waals surface area contributed by atoms with Crippen molar-refractivity contribution in [3.63, 3.8) is 0 Å². The second-order valence-electron chi connectivity index (χ2n) is 19.0. The summed E-state index contributed by atoms with van der Waals surface area (Å²) in [6.45, 7) is 6.62. The van der Waals surface area contributed by atoms with E-state index in [-0.39, 0.29) is 23.7 Å².